The lowest BCUT2D eigenvalue weighted by Gasteiger charge is -2.53. The van der Waals surface area contributed by atoms with E-state index in [2.05, 4.69) is 11.0 Å². The van der Waals surface area contributed by atoms with Crippen LogP contribution in [0.4, 0.5) is 0 Å². The zero-order valence-corrected chi connectivity index (χ0v) is 28.7. The summed E-state index contributed by atoms with van der Waals surface area (Å²) in [6, 6.07) is 1.80. The molecule has 5 fully saturated rings. The van der Waals surface area contributed by atoms with E-state index in [0.29, 0.717) is 54.6 Å². The minimum atomic E-state index is -4.67. The van der Waals surface area contributed by atoms with Crippen LogP contribution >= 0.6 is 0 Å². The zero-order chi connectivity index (χ0) is 34.6. The fourth-order valence-corrected chi connectivity index (χ4v) is 8.46. The van der Waals surface area contributed by atoms with E-state index >= 15 is 0 Å². The van der Waals surface area contributed by atoms with Gasteiger partial charge in [-0.1, -0.05) is 11.6 Å². The van der Waals surface area contributed by atoms with Gasteiger partial charge in [-0.05, 0) is 94.1 Å². The second-order valence-electron chi connectivity index (χ2n) is 13.7. The second kappa shape index (κ2) is 15.7. The number of hydrogen-bond acceptors (Lipinski definition) is 11. The highest BCUT2D eigenvalue weighted by atomic mass is 32.3. The number of morpholine rings is 1. The Morgan fingerprint density at radius 3 is 2.27 bits per heavy atom. The number of hydrogen-bond donors (Lipinski definition) is 2. The third kappa shape index (κ3) is 9.14. The van der Waals surface area contributed by atoms with Gasteiger partial charge in [-0.2, -0.15) is 8.42 Å². The highest BCUT2D eigenvalue weighted by molar-refractivity contribution is 7.79. The molecule has 2 heterocycles. The smallest absolute Gasteiger partial charge is 0.394 e. The Morgan fingerprint density at radius 2 is 1.67 bits per heavy atom. The standard InChI is InChI=1S/C34H45NO8.H2O4S/c1-20(5-7-28(36)41-13-10-35-8-11-40-12-9-35)4-6-24-19-27-29(21(2)31(24)39-3)34(42-32(27)37)43-33(38)30-25-15-22-14-23(17-25)18-26(30)16-22;1-5(2,3)4/h4,19,22-23,25-26,30,34H,5-18H2,1-3H3;(H2,1,2,3,4)/b20-4+;. The number of carbonyl (C=O) groups is 3. The third-order valence-electron chi connectivity index (χ3n) is 10.4. The largest absolute Gasteiger partial charge is 0.496 e. The Hall–Kier alpha value is -3.04. The van der Waals surface area contributed by atoms with Gasteiger partial charge in [0.15, 0.2) is 0 Å². The quantitative estimate of drug-likeness (QED) is 0.191. The first-order valence-electron chi connectivity index (χ1n) is 16.7. The van der Waals surface area contributed by atoms with E-state index in [4.69, 9.17) is 41.2 Å². The van der Waals surface area contributed by atoms with Crippen LogP contribution in [0.3, 0.4) is 0 Å². The fraction of sp³-hybridized carbons (Fsp3) is 0.676. The summed E-state index contributed by atoms with van der Waals surface area (Å²) in [6.07, 6.45) is 8.24. The summed E-state index contributed by atoms with van der Waals surface area (Å²) in [5.41, 5.74) is 3.65. The Morgan fingerprint density at radius 1 is 1.04 bits per heavy atom. The molecule has 0 amide bonds. The Kier molecular flexibility index (Phi) is 11.8. The summed E-state index contributed by atoms with van der Waals surface area (Å²) in [7, 11) is -3.06. The minimum absolute atomic E-state index is 0.0906. The predicted molar refractivity (Wildman–Crippen MR) is 172 cm³/mol. The Balaban J connectivity index is 0.000000840. The average Bonchev–Trinajstić information content (AvgIpc) is 3.32. The van der Waals surface area contributed by atoms with Crippen molar-refractivity contribution in [3.05, 3.63) is 40.0 Å². The van der Waals surface area contributed by atoms with Crippen LogP contribution in [0.5, 0.6) is 5.75 Å². The van der Waals surface area contributed by atoms with Crippen LogP contribution in [-0.4, -0.2) is 86.9 Å². The van der Waals surface area contributed by atoms with Gasteiger partial charge >= 0.3 is 28.3 Å². The van der Waals surface area contributed by atoms with Crippen LogP contribution in [0, 0.1) is 36.5 Å². The molecular formula is C34H47NO12S. The summed E-state index contributed by atoms with van der Waals surface area (Å²) >= 11 is 0. The number of carbonyl (C=O) groups excluding carboxylic acids is 3. The maximum atomic E-state index is 13.5. The van der Waals surface area contributed by atoms with E-state index < -0.39 is 22.7 Å². The second-order valence-corrected chi connectivity index (χ2v) is 14.6. The first kappa shape index (κ1) is 36.2. The fourth-order valence-electron chi connectivity index (χ4n) is 8.46. The van der Waals surface area contributed by atoms with Crippen molar-refractivity contribution in [1.82, 2.24) is 4.90 Å². The molecule has 2 N–H and O–H groups in total. The molecule has 0 aromatic heterocycles. The van der Waals surface area contributed by atoms with Gasteiger partial charge in [0.1, 0.15) is 12.4 Å². The normalized spacial score (nSPS) is 27.9. The molecule has 4 bridgehead atoms. The lowest BCUT2D eigenvalue weighted by Crippen LogP contribution is -2.48. The van der Waals surface area contributed by atoms with Crippen LogP contribution in [0.2, 0.25) is 0 Å². The monoisotopic (exact) mass is 693 g/mol. The molecule has 266 valence electrons. The van der Waals surface area contributed by atoms with Gasteiger partial charge in [0, 0.05) is 31.6 Å². The van der Waals surface area contributed by atoms with Gasteiger partial charge in [-0.3, -0.25) is 23.6 Å². The van der Waals surface area contributed by atoms with Crippen LogP contribution < -0.4 is 4.74 Å². The van der Waals surface area contributed by atoms with E-state index in [1.165, 1.54) is 6.42 Å². The van der Waals surface area contributed by atoms with E-state index in [1.54, 1.807) is 13.2 Å². The molecule has 7 rings (SSSR count). The Labute approximate surface area is 281 Å². The lowest BCUT2D eigenvalue weighted by molar-refractivity contribution is -0.185. The highest BCUT2D eigenvalue weighted by Crippen LogP contribution is 2.57. The number of allylic oxidation sites excluding steroid dienone is 2. The number of methoxy groups -OCH3 is 1. The summed E-state index contributed by atoms with van der Waals surface area (Å²) in [5, 5.41) is 0. The predicted octanol–water partition coefficient (Wildman–Crippen LogP) is 4.28. The van der Waals surface area contributed by atoms with Crippen molar-refractivity contribution < 1.29 is 55.6 Å². The van der Waals surface area contributed by atoms with Crippen molar-refractivity contribution >= 4 is 28.3 Å². The summed E-state index contributed by atoms with van der Waals surface area (Å²) in [4.78, 5) is 40.9. The molecule has 0 radical (unpaired) electrons. The molecule has 1 unspecified atom stereocenters. The maximum Gasteiger partial charge on any atom is 0.394 e. The van der Waals surface area contributed by atoms with Crippen LogP contribution in [-0.2, 0) is 45.4 Å². The molecule has 1 aromatic carbocycles. The van der Waals surface area contributed by atoms with Gasteiger partial charge in [0.25, 0.3) is 6.29 Å². The van der Waals surface area contributed by atoms with Gasteiger partial charge in [0.05, 0.1) is 37.4 Å². The van der Waals surface area contributed by atoms with Gasteiger partial charge in [0.2, 0.25) is 0 Å². The molecule has 13 nitrogen and oxygen atoms in total. The summed E-state index contributed by atoms with van der Waals surface area (Å²) in [6.45, 7) is 8.19. The topological polar surface area (TPSA) is 175 Å². The van der Waals surface area contributed by atoms with Crippen molar-refractivity contribution in [1.29, 1.82) is 0 Å². The van der Waals surface area contributed by atoms with Crippen molar-refractivity contribution in [2.24, 2.45) is 29.6 Å². The van der Waals surface area contributed by atoms with Crippen molar-refractivity contribution in [3.8, 4) is 5.75 Å². The number of ether oxygens (including phenoxy) is 5. The van der Waals surface area contributed by atoms with E-state index in [9.17, 15) is 14.4 Å². The number of rotatable bonds is 11. The highest BCUT2D eigenvalue weighted by Gasteiger charge is 2.52. The SMILES string of the molecule is COc1c(C/C=C(\C)CCC(=O)OCCN2CCOCC2)cc2c(c1C)C(OC(=O)C1C3CC4CC(C3)CC1C4)OC2=O.O=S(=O)(O)O. The molecule has 2 aliphatic heterocycles. The van der Waals surface area contributed by atoms with Crippen molar-refractivity contribution in [3.63, 3.8) is 0 Å². The van der Waals surface area contributed by atoms with Gasteiger partial charge in [-0.25, -0.2) is 4.79 Å². The molecule has 4 aliphatic carbocycles. The average molecular weight is 694 g/mol. The van der Waals surface area contributed by atoms with E-state index in [-0.39, 0.29) is 17.9 Å². The lowest BCUT2D eigenvalue weighted by atomic mass is 9.52. The molecule has 48 heavy (non-hydrogen) atoms. The summed E-state index contributed by atoms with van der Waals surface area (Å²) in [5.74, 6) is 1.97. The molecule has 14 heteroatoms. The number of fused-ring (bicyclic) bond motifs is 1. The molecule has 1 aromatic rings. The first-order valence-corrected chi connectivity index (χ1v) is 18.1. The number of cyclic esters (lactones) is 1. The van der Waals surface area contributed by atoms with E-state index in [0.717, 1.165) is 87.1 Å². The zero-order valence-electron chi connectivity index (χ0n) is 27.9. The van der Waals surface area contributed by atoms with Gasteiger partial charge in [-0.15, -0.1) is 0 Å². The van der Waals surface area contributed by atoms with E-state index in [1.807, 2.05) is 13.8 Å². The van der Waals surface area contributed by atoms with Crippen molar-refractivity contribution in [2.75, 3.05) is 46.6 Å². The molecule has 4 saturated carbocycles. The molecule has 1 saturated heterocycles. The number of esters is 3. The van der Waals surface area contributed by atoms with Crippen molar-refractivity contribution in [2.45, 2.75) is 71.5 Å². The molecule has 0 spiro atoms. The van der Waals surface area contributed by atoms with Crippen LogP contribution in [0.25, 0.3) is 0 Å². The molecule has 1 atom stereocenters. The molecular weight excluding hydrogens is 646 g/mol. The molecule has 6 aliphatic rings. The summed E-state index contributed by atoms with van der Waals surface area (Å²) < 4.78 is 59.7. The van der Waals surface area contributed by atoms with Gasteiger partial charge < -0.3 is 23.7 Å². The number of nitrogens with zero attached hydrogens (tertiary/aromatic N) is 1. The van der Waals surface area contributed by atoms with Crippen LogP contribution in [0.15, 0.2) is 17.7 Å². The Bertz CT molecular complexity index is 1460. The minimum Gasteiger partial charge on any atom is -0.496 e. The third-order valence-corrected chi connectivity index (χ3v) is 10.4. The van der Waals surface area contributed by atoms with Crippen LogP contribution in [0.1, 0.15) is 85.2 Å². The maximum absolute atomic E-state index is 13.5. The number of benzene rings is 1. The first-order chi connectivity index (χ1) is 22.8.